The predicted octanol–water partition coefficient (Wildman–Crippen LogP) is 7.45. The summed E-state index contributed by atoms with van der Waals surface area (Å²) in [7, 11) is -4.21. The van der Waals surface area contributed by atoms with Gasteiger partial charge in [-0.05, 0) is 58.7 Å². The highest BCUT2D eigenvalue weighted by atomic mass is 32.2. The fourth-order valence-corrected chi connectivity index (χ4v) is 7.26. The normalized spacial score (nSPS) is 17.4. The van der Waals surface area contributed by atoms with Crippen molar-refractivity contribution in [2.24, 2.45) is 0 Å². The molecule has 1 aliphatic heterocycles. The third-order valence-electron chi connectivity index (χ3n) is 8.38. The highest BCUT2D eigenvalue weighted by Gasteiger charge is 2.39. The minimum atomic E-state index is -4.21. The van der Waals surface area contributed by atoms with E-state index in [0.717, 1.165) is 16.5 Å². The topological polar surface area (TPSA) is 119 Å². The van der Waals surface area contributed by atoms with Gasteiger partial charge in [0.25, 0.3) is 15.9 Å². The lowest BCUT2D eigenvalue weighted by molar-refractivity contribution is -0.00213. The third kappa shape index (κ3) is 7.05. The molecule has 1 saturated heterocycles. The Morgan fingerprint density at radius 1 is 1.04 bits per heavy atom. The lowest BCUT2D eigenvalue weighted by Crippen LogP contribution is -2.52. The molecule has 1 N–H and O–H groups in total. The van der Waals surface area contributed by atoms with E-state index in [0.29, 0.717) is 40.4 Å². The van der Waals surface area contributed by atoms with Gasteiger partial charge < -0.3 is 15.0 Å². The first-order valence-corrected chi connectivity index (χ1v) is 17.3. The van der Waals surface area contributed by atoms with E-state index in [2.05, 4.69) is 20.3 Å². The Hall–Kier alpha value is -4.72. The van der Waals surface area contributed by atoms with Gasteiger partial charge in [0.15, 0.2) is 0 Å². The maximum atomic E-state index is 16.0. The molecule has 0 bridgehead atoms. The number of amides is 1. The number of anilines is 1. The number of fused-ring (bicyclic) bond motifs is 2. The summed E-state index contributed by atoms with van der Waals surface area (Å²) < 4.78 is 79.3. The molecule has 1 amide bonds. The van der Waals surface area contributed by atoms with Crippen LogP contribution in [0.3, 0.4) is 0 Å². The van der Waals surface area contributed by atoms with Crippen LogP contribution in [0, 0.1) is 6.92 Å². The van der Waals surface area contributed by atoms with Crippen LogP contribution in [0.1, 0.15) is 51.7 Å². The monoisotopic (exact) mass is 694 g/mol. The van der Waals surface area contributed by atoms with Crippen LogP contribution in [0.5, 0.6) is 0 Å². The van der Waals surface area contributed by atoms with E-state index < -0.39 is 33.3 Å². The van der Waals surface area contributed by atoms with Crippen LogP contribution in [0.25, 0.3) is 32.9 Å². The Kier molecular flexibility index (Phi) is 8.58. The zero-order valence-electron chi connectivity index (χ0n) is 27.8. The minimum absolute atomic E-state index is 0.00633. The number of rotatable bonds is 7. The first-order valence-electron chi connectivity index (χ1n) is 15.8. The van der Waals surface area contributed by atoms with Crippen molar-refractivity contribution in [3.63, 3.8) is 0 Å². The fraction of sp³-hybridized carbons (Fsp3) is 0.371. The maximum absolute atomic E-state index is 16.0. The Balaban J connectivity index is 1.38. The largest absolute Gasteiger partial charge is 0.444 e. The zero-order chi connectivity index (χ0) is 35.4. The molecule has 0 aliphatic carbocycles. The Labute approximate surface area is 282 Å². The van der Waals surface area contributed by atoms with Gasteiger partial charge in [0.1, 0.15) is 11.3 Å². The van der Waals surface area contributed by atoms with Crippen molar-refractivity contribution < 1.29 is 31.1 Å². The molecule has 1 fully saturated rings. The number of hydrogen-bond acceptors (Lipinski definition) is 8. The first-order chi connectivity index (χ1) is 22.9. The van der Waals surface area contributed by atoms with Gasteiger partial charge in [-0.2, -0.15) is 0 Å². The van der Waals surface area contributed by atoms with Crippen molar-refractivity contribution in [3.05, 3.63) is 78.4 Å². The van der Waals surface area contributed by atoms with Crippen LogP contribution in [0.4, 0.5) is 23.9 Å². The number of hydrogen-bond donors (Lipinski definition) is 1. The number of pyridine rings is 1. The van der Waals surface area contributed by atoms with Gasteiger partial charge in [-0.15, -0.1) is 0 Å². The molecule has 5 aromatic rings. The maximum Gasteiger partial charge on any atom is 0.410 e. The first kappa shape index (κ1) is 34.2. The highest BCUT2D eigenvalue weighted by molar-refractivity contribution is 7.90. The Bertz CT molecular complexity index is 2160. The lowest BCUT2D eigenvalue weighted by Gasteiger charge is -2.38. The standard InChI is InChI=1S/C35H37F3N6O4S/c1-22-7-10-25(11-8-22)49(46,47)44-19-28(26-12-9-24(15-29(26)44)34(5,36)37)27-18-39-16-23-17-40-31(42-30(23)27)41-20-35(38)13-6-14-43(21-35)32(45)48-33(2,3)4/h7-12,15-19H,6,13-14,20-21H2,1-5H3,(H,40,41,42). The second-order valence-corrected chi connectivity index (χ2v) is 15.4. The van der Waals surface area contributed by atoms with Crippen LogP contribution in [0.15, 0.2) is 72.1 Å². The van der Waals surface area contributed by atoms with Crippen molar-refractivity contribution in [2.75, 3.05) is 25.0 Å². The fourth-order valence-electron chi connectivity index (χ4n) is 5.90. The molecule has 6 rings (SSSR count). The number of nitrogens with zero attached hydrogens (tertiary/aromatic N) is 5. The van der Waals surface area contributed by atoms with Crippen LogP contribution >= 0.6 is 0 Å². The lowest BCUT2D eigenvalue weighted by atomic mass is 9.95. The number of likely N-dealkylation sites (tertiary alicyclic amines) is 1. The zero-order valence-corrected chi connectivity index (χ0v) is 28.6. The number of benzene rings is 2. The van der Waals surface area contributed by atoms with E-state index in [1.54, 1.807) is 32.9 Å². The Morgan fingerprint density at radius 3 is 2.47 bits per heavy atom. The van der Waals surface area contributed by atoms with Gasteiger partial charge in [0.05, 0.1) is 29.0 Å². The van der Waals surface area contributed by atoms with E-state index in [1.807, 2.05) is 6.92 Å². The molecule has 14 heteroatoms. The summed E-state index contributed by atoms with van der Waals surface area (Å²) in [4.78, 5) is 27.3. The predicted molar refractivity (Wildman–Crippen MR) is 181 cm³/mol. The second kappa shape index (κ2) is 12.3. The molecule has 4 heterocycles. The molecule has 258 valence electrons. The summed E-state index contributed by atoms with van der Waals surface area (Å²) in [6.45, 7) is 7.88. The summed E-state index contributed by atoms with van der Waals surface area (Å²) in [6, 6.07) is 10.2. The molecule has 0 spiro atoms. The van der Waals surface area contributed by atoms with Crippen molar-refractivity contribution in [1.29, 1.82) is 0 Å². The molecule has 0 saturated carbocycles. The molecular weight excluding hydrogens is 657 g/mol. The molecule has 10 nitrogen and oxygen atoms in total. The quantitative estimate of drug-likeness (QED) is 0.187. The van der Waals surface area contributed by atoms with Crippen molar-refractivity contribution in [3.8, 4) is 11.1 Å². The van der Waals surface area contributed by atoms with E-state index in [4.69, 9.17) is 4.74 Å². The molecule has 49 heavy (non-hydrogen) atoms. The van der Waals surface area contributed by atoms with Crippen LogP contribution in [0.2, 0.25) is 0 Å². The van der Waals surface area contributed by atoms with Gasteiger partial charge >= 0.3 is 6.09 Å². The van der Waals surface area contributed by atoms with E-state index in [-0.39, 0.29) is 41.4 Å². The SMILES string of the molecule is Cc1ccc(S(=O)(=O)n2cc(-c3cncc4cnc(NCC5(F)CCCN(C(=O)OC(C)(C)C)C5)nc34)c3ccc(C(C)(F)F)cc32)cc1. The number of carbonyl (C=O) groups excluding carboxylic acids is 1. The van der Waals surface area contributed by atoms with Gasteiger partial charge in [-0.3, -0.25) is 4.98 Å². The highest BCUT2D eigenvalue weighted by Crippen LogP contribution is 2.39. The number of carbonyl (C=O) groups is 1. The minimum Gasteiger partial charge on any atom is -0.444 e. The number of aromatic nitrogens is 4. The smallest absolute Gasteiger partial charge is 0.410 e. The summed E-state index contributed by atoms with van der Waals surface area (Å²) >= 11 is 0. The average molecular weight is 695 g/mol. The molecule has 0 radical (unpaired) electrons. The summed E-state index contributed by atoms with van der Waals surface area (Å²) in [6.07, 6.45) is 6.03. The number of ether oxygens (including phenoxy) is 1. The van der Waals surface area contributed by atoms with Gasteiger partial charge in [-0.25, -0.2) is 40.3 Å². The summed E-state index contributed by atoms with van der Waals surface area (Å²) in [5, 5.41) is 3.88. The molecule has 2 aromatic carbocycles. The van der Waals surface area contributed by atoms with Crippen molar-refractivity contribution >= 4 is 43.9 Å². The van der Waals surface area contributed by atoms with Crippen molar-refractivity contribution in [1.82, 2.24) is 23.8 Å². The molecule has 1 unspecified atom stereocenters. The Morgan fingerprint density at radius 2 is 1.78 bits per heavy atom. The summed E-state index contributed by atoms with van der Waals surface area (Å²) in [5.74, 6) is -3.11. The van der Waals surface area contributed by atoms with Gasteiger partial charge in [0, 0.05) is 65.7 Å². The van der Waals surface area contributed by atoms with E-state index in [9.17, 15) is 22.0 Å². The van der Waals surface area contributed by atoms with E-state index >= 15 is 4.39 Å². The number of halogens is 3. The molecule has 3 aromatic heterocycles. The number of aryl methyl sites for hydroxylation is 1. The second-order valence-electron chi connectivity index (χ2n) is 13.6. The van der Waals surface area contributed by atoms with Crippen LogP contribution in [-0.4, -0.2) is 69.2 Å². The molecule has 1 atom stereocenters. The molecule has 1 aliphatic rings. The van der Waals surface area contributed by atoms with Crippen LogP contribution in [-0.2, 0) is 20.7 Å². The van der Waals surface area contributed by atoms with Gasteiger partial charge in [-0.1, -0.05) is 29.8 Å². The van der Waals surface area contributed by atoms with Crippen LogP contribution < -0.4 is 5.32 Å². The number of piperidine rings is 1. The van der Waals surface area contributed by atoms with E-state index in [1.165, 1.54) is 60.0 Å². The molecular formula is C35H37F3N6O4S. The average Bonchev–Trinajstić information content (AvgIpc) is 3.42. The van der Waals surface area contributed by atoms with Gasteiger partial charge in [0.2, 0.25) is 5.95 Å². The number of nitrogens with one attached hydrogen (secondary N) is 1. The number of alkyl halides is 3. The summed E-state index contributed by atoms with van der Waals surface area (Å²) in [5.41, 5.74) is -0.710. The third-order valence-corrected chi connectivity index (χ3v) is 10.1. The van der Waals surface area contributed by atoms with Crippen molar-refractivity contribution in [2.45, 2.75) is 69.5 Å².